The smallest absolute Gasteiger partial charge is 0.325 e. The number of ether oxygens (including phenoxy) is 1. The van der Waals surface area contributed by atoms with E-state index in [1.807, 2.05) is 22.4 Å². The molecule has 1 aromatic carbocycles. The maximum Gasteiger partial charge on any atom is 0.325 e. The number of methoxy groups -OCH3 is 1. The van der Waals surface area contributed by atoms with Crippen molar-refractivity contribution in [1.29, 1.82) is 0 Å². The van der Waals surface area contributed by atoms with Crippen LogP contribution in [0.15, 0.2) is 29.6 Å². The predicted octanol–water partition coefficient (Wildman–Crippen LogP) is 3.60. The molecule has 1 aromatic heterocycles. The highest BCUT2D eigenvalue weighted by Gasteiger charge is 2.21. The molecule has 0 aliphatic carbocycles. The summed E-state index contributed by atoms with van der Waals surface area (Å²) >= 11 is 1.30. The summed E-state index contributed by atoms with van der Waals surface area (Å²) < 4.78 is 5.21. The molecule has 3 rings (SSSR count). The van der Waals surface area contributed by atoms with Crippen molar-refractivity contribution in [2.45, 2.75) is 26.2 Å². The van der Waals surface area contributed by atoms with Gasteiger partial charge in [-0.1, -0.05) is 19.1 Å². The molecule has 1 atom stereocenters. The van der Waals surface area contributed by atoms with Gasteiger partial charge in [-0.15, -0.1) is 11.3 Å². The van der Waals surface area contributed by atoms with Gasteiger partial charge < -0.3 is 15.0 Å². The molecule has 0 spiro atoms. The van der Waals surface area contributed by atoms with E-state index in [4.69, 9.17) is 4.74 Å². The van der Waals surface area contributed by atoms with Crippen LogP contribution in [0.1, 0.15) is 25.5 Å². The fourth-order valence-corrected chi connectivity index (χ4v) is 3.83. The van der Waals surface area contributed by atoms with Gasteiger partial charge in [0.1, 0.15) is 5.75 Å². The lowest BCUT2D eigenvalue weighted by atomic mass is 10.00. The fourth-order valence-electron chi connectivity index (χ4n) is 3.13. The highest BCUT2D eigenvalue weighted by molar-refractivity contribution is 7.14. The molecule has 144 valence electrons. The van der Waals surface area contributed by atoms with E-state index in [1.54, 1.807) is 19.2 Å². The number of hydrogen-bond acceptors (Lipinski definition) is 5. The number of aromatic nitrogens is 1. The lowest BCUT2D eigenvalue weighted by Crippen LogP contribution is -2.39. The van der Waals surface area contributed by atoms with Crippen molar-refractivity contribution in [2.75, 3.05) is 30.8 Å². The second-order valence-corrected chi connectivity index (χ2v) is 7.55. The quantitative estimate of drug-likeness (QED) is 0.820. The van der Waals surface area contributed by atoms with E-state index >= 15 is 0 Å². The number of para-hydroxylation sites is 2. The molecule has 1 fully saturated rings. The van der Waals surface area contributed by atoms with Gasteiger partial charge in [-0.2, -0.15) is 0 Å². The van der Waals surface area contributed by atoms with Crippen LogP contribution >= 0.6 is 11.3 Å². The predicted molar refractivity (Wildman–Crippen MR) is 106 cm³/mol. The highest BCUT2D eigenvalue weighted by Crippen LogP contribution is 2.24. The minimum Gasteiger partial charge on any atom is -0.495 e. The van der Waals surface area contributed by atoms with E-state index in [-0.39, 0.29) is 12.3 Å². The molecule has 0 bridgehead atoms. The molecule has 2 aromatic rings. The summed E-state index contributed by atoms with van der Waals surface area (Å²) in [5, 5.41) is 7.70. The SMILES string of the molecule is COc1ccccc1NC(=O)Nc1nc(CC(=O)N2CCC[C@@H](C)C2)cs1. The number of thiazole rings is 1. The monoisotopic (exact) mass is 388 g/mol. The fraction of sp³-hybridized carbons (Fsp3) is 0.421. The first-order valence-electron chi connectivity index (χ1n) is 8.98. The number of carbonyl (C=O) groups excluding carboxylic acids is 2. The summed E-state index contributed by atoms with van der Waals surface area (Å²) in [5.74, 6) is 1.22. The van der Waals surface area contributed by atoms with Gasteiger partial charge in [-0.3, -0.25) is 10.1 Å². The third-order valence-electron chi connectivity index (χ3n) is 4.47. The number of anilines is 2. The summed E-state index contributed by atoms with van der Waals surface area (Å²) in [6.45, 7) is 3.81. The Labute approximate surface area is 162 Å². The molecular weight excluding hydrogens is 364 g/mol. The van der Waals surface area contributed by atoms with Crippen molar-refractivity contribution >= 4 is 34.1 Å². The molecule has 8 heteroatoms. The Morgan fingerprint density at radius 2 is 2.15 bits per heavy atom. The van der Waals surface area contributed by atoms with Gasteiger partial charge >= 0.3 is 6.03 Å². The number of hydrogen-bond donors (Lipinski definition) is 2. The van der Waals surface area contributed by atoms with Crippen molar-refractivity contribution in [1.82, 2.24) is 9.88 Å². The summed E-state index contributed by atoms with van der Waals surface area (Å²) in [7, 11) is 1.55. The second kappa shape index (κ2) is 8.85. The van der Waals surface area contributed by atoms with Gasteiger partial charge in [0.05, 0.1) is 24.9 Å². The summed E-state index contributed by atoms with van der Waals surface area (Å²) in [6, 6.07) is 6.76. The zero-order valence-corrected chi connectivity index (χ0v) is 16.3. The van der Waals surface area contributed by atoms with Gasteiger partial charge in [0.15, 0.2) is 5.13 Å². The first-order valence-corrected chi connectivity index (χ1v) is 9.86. The lowest BCUT2D eigenvalue weighted by Gasteiger charge is -2.30. The number of urea groups is 1. The van der Waals surface area contributed by atoms with E-state index in [1.165, 1.54) is 17.8 Å². The molecule has 0 saturated carbocycles. The van der Waals surface area contributed by atoms with Crippen molar-refractivity contribution in [3.8, 4) is 5.75 Å². The van der Waals surface area contributed by atoms with E-state index < -0.39 is 6.03 Å². The molecule has 27 heavy (non-hydrogen) atoms. The van der Waals surface area contributed by atoms with Crippen LogP contribution in [0.5, 0.6) is 5.75 Å². The normalized spacial score (nSPS) is 16.7. The number of nitrogens with one attached hydrogen (secondary N) is 2. The van der Waals surface area contributed by atoms with E-state index in [0.717, 1.165) is 19.5 Å². The third kappa shape index (κ3) is 5.19. The zero-order valence-electron chi connectivity index (χ0n) is 15.5. The molecule has 7 nitrogen and oxygen atoms in total. The van der Waals surface area contributed by atoms with Crippen molar-refractivity contribution in [2.24, 2.45) is 5.92 Å². The third-order valence-corrected chi connectivity index (χ3v) is 5.28. The number of benzene rings is 1. The van der Waals surface area contributed by atoms with Crippen LogP contribution in [0, 0.1) is 5.92 Å². The minimum atomic E-state index is -0.406. The van der Waals surface area contributed by atoms with Crippen LogP contribution in [0.4, 0.5) is 15.6 Å². The zero-order chi connectivity index (χ0) is 19.2. The van der Waals surface area contributed by atoms with E-state index in [0.29, 0.717) is 28.2 Å². The average molecular weight is 388 g/mol. The first kappa shape index (κ1) is 19.2. The Bertz CT molecular complexity index is 808. The molecule has 1 saturated heterocycles. The lowest BCUT2D eigenvalue weighted by molar-refractivity contribution is -0.132. The van der Waals surface area contributed by atoms with Crippen LogP contribution in [0.25, 0.3) is 0 Å². The first-order chi connectivity index (χ1) is 13.0. The number of nitrogens with zero attached hydrogens (tertiary/aromatic N) is 2. The van der Waals surface area contributed by atoms with Gasteiger partial charge in [0.2, 0.25) is 5.91 Å². The van der Waals surface area contributed by atoms with Crippen molar-refractivity contribution in [3.63, 3.8) is 0 Å². The molecule has 2 heterocycles. The second-order valence-electron chi connectivity index (χ2n) is 6.69. The van der Waals surface area contributed by atoms with Crippen LogP contribution < -0.4 is 15.4 Å². The summed E-state index contributed by atoms with van der Waals surface area (Å²) in [5.41, 5.74) is 1.25. The Morgan fingerprint density at radius 3 is 2.93 bits per heavy atom. The Morgan fingerprint density at radius 1 is 1.33 bits per heavy atom. The van der Waals surface area contributed by atoms with Crippen LogP contribution in [-0.4, -0.2) is 42.0 Å². The highest BCUT2D eigenvalue weighted by atomic mass is 32.1. The molecule has 0 unspecified atom stereocenters. The van der Waals surface area contributed by atoms with Gasteiger partial charge in [0.25, 0.3) is 0 Å². The van der Waals surface area contributed by atoms with Crippen LogP contribution in [-0.2, 0) is 11.2 Å². The maximum absolute atomic E-state index is 12.4. The number of carbonyl (C=O) groups is 2. The van der Waals surface area contributed by atoms with Crippen molar-refractivity contribution < 1.29 is 14.3 Å². The number of likely N-dealkylation sites (tertiary alicyclic amines) is 1. The number of piperidine rings is 1. The summed E-state index contributed by atoms with van der Waals surface area (Å²) in [6.07, 6.45) is 2.49. The maximum atomic E-state index is 12.4. The summed E-state index contributed by atoms with van der Waals surface area (Å²) in [4.78, 5) is 30.9. The number of rotatable bonds is 5. The Hall–Kier alpha value is -2.61. The van der Waals surface area contributed by atoms with Gasteiger partial charge in [-0.25, -0.2) is 9.78 Å². The molecule has 1 aliphatic rings. The molecule has 2 N–H and O–H groups in total. The van der Waals surface area contributed by atoms with Gasteiger partial charge in [-0.05, 0) is 30.9 Å². The average Bonchev–Trinajstić information content (AvgIpc) is 3.08. The Balaban J connectivity index is 1.54. The molecule has 1 aliphatic heterocycles. The molecule has 0 radical (unpaired) electrons. The number of amides is 3. The van der Waals surface area contributed by atoms with Crippen molar-refractivity contribution in [3.05, 3.63) is 35.3 Å². The standard InChI is InChI=1S/C19H24N4O3S/c1-13-6-5-9-23(11-13)17(24)10-14-12-27-19(20-14)22-18(25)21-15-7-3-4-8-16(15)26-2/h3-4,7-8,12-13H,5-6,9-11H2,1-2H3,(H2,20,21,22,25)/t13-/m1/s1. The van der Waals surface area contributed by atoms with Crippen LogP contribution in [0.3, 0.4) is 0 Å². The molecular formula is C19H24N4O3S. The largest absolute Gasteiger partial charge is 0.495 e. The van der Waals surface area contributed by atoms with E-state index in [9.17, 15) is 9.59 Å². The van der Waals surface area contributed by atoms with Gasteiger partial charge in [0, 0.05) is 18.5 Å². The van der Waals surface area contributed by atoms with E-state index in [2.05, 4.69) is 22.5 Å². The Kier molecular flexibility index (Phi) is 6.28. The van der Waals surface area contributed by atoms with Crippen LogP contribution in [0.2, 0.25) is 0 Å². The molecule has 3 amide bonds. The topological polar surface area (TPSA) is 83.6 Å². The minimum absolute atomic E-state index is 0.0943.